The Labute approximate surface area is 132 Å². The molecule has 6 nitrogen and oxygen atoms in total. The molecule has 0 N–H and O–H groups in total. The highest BCUT2D eigenvalue weighted by Gasteiger charge is 2.50. The molecule has 2 rings (SSSR count). The molecule has 0 amide bonds. The summed E-state index contributed by atoms with van der Waals surface area (Å²) in [7, 11) is -8.07. The third-order valence-electron chi connectivity index (χ3n) is 3.25. The summed E-state index contributed by atoms with van der Waals surface area (Å²) in [5.74, 6) is 0.893. The van der Waals surface area contributed by atoms with Gasteiger partial charge in [-0.15, -0.1) is 0 Å². The van der Waals surface area contributed by atoms with Gasteiger partial charge in [-0.3, -0.25) is 0 Å². The lowest BCUT2D eigenvalue weighted by atomic mass is 10.2. The molecule has 0 bridgehead atoms. The summed E-state index contributed by atoms with van der Waals surface area (Å²) in [6, 6.07) is 1.50. The molecule has 21 heavy (non-hydrogen) atoms. The fourth-order valence-electron chi connectivity index (χ4n) is 1.72. The monoisotopic (exact) mass is 365 g/mol. The highest BCUT2D eigenvalue weighted by atomic mass is 32.3. The Bertz CT molecular complexity index is 837. The van der Waals surface area contributed by atoms with E-state index in [2.05, 4.69) is 8.75 Å². The molecule has 1 atom stereocenters. The maximum Gasteiger partial charge on any atom is 0.196 e. The van der Waals surface area contributed by atoms with Crippen molar-refractivity contribution >= 4 is 42.7 Å². The first kappa shape index (κ1) is 16.5. The van der Waals surface area contributed by atoms with Crippen LogP contribution in [0, 0.1) is 12.7 Å². The molecule has 0 aromatic carbocycles. The Morgan fingerprint density at radius 3 is 2.33 bits per heavy atom. The van der Waals surface area contributed by atoms with Gasteiger partial charge >= 0.3 is 0 Å². The molecular weight excluding hydrogens is 352 g/mol. The van der Waals surface area contributed by atoms with E-state index in [1.807, 2.05) is 0 Å². The zero-order valence-electron chi connectivity index (χ0n) is 11.5. The van der Waals surface area contributed by atoms with Crippen molar-refractivity contribution in [2.24, 2.45) is 0 Å². The van der Waals surface area contributed by atoms with E-state index in [-0.39, 0.29) is 11.3 Å². The summed E-state index contributed by atoms with van der Waals surface area (Å²) in [6.07, 6.45) is 0.919. The van der Waals surface area contributed by atoms with Crippen LogP contribution in [0.4, 0.5) is 0 Å². The van der Waals surface area contributed by atoms with Crippen molar-refractivity contribution in [3.63, 3.8) is 0 Å². The average Bonchev–Trinajstić information content (AvgIpc) is 2.99. The number of aryl methyl sites for hydroxylation is 1. The van der Waals surface area contributed by atoms with Crippen LogP contribution in [0.1, 0.15) is 23.9 Å². The third kappa shape index (κ3) is 2.77. The van der Waals surface area contributed by atoms with Crippen molar-refractivity contribution in [1.82, 2.24) is 8.75 Å². The minimum absolute atomic E-state index is 0.171. The molecule has 0 saturated heterocycles. The van der Waals surface area contributed by atoms with E-state index in [0.29, 0.717) is 5.69 Å². The summed E-state index contributed by atoms with van der Waals surface area (Å²) < 4.78 is 55.5. The van der Waals surface area contributed by atoms with Crippen molar-refractivity contribution in [3.8, 4) is 0 Å². The molecule has 2 aromatic heterocycles. The van der Waals surface area contributed by atoms with Crippen molar-refractivity contribution < 1.29 is 16.8 Å². The number of hydrogen-bond donors (Lipinski definition) is 0. The van der Waals surface area contributed by atoms with Crippen LogP contribution in [0.15, 0.2) is 16.8 Å². The zero-order chi connectivity index (χ0) is 15.9. The zero-order valence-corrected chi connectivity index (χ0v) is 14.7. The largest absolute Gasteiger partial charge is 0.227 e. The lowest BCUT2D eigenvalue weighted by Crippen LogP contribution is -2.40. The first-order valence-electron chi connectivity index (χ1n) is 5.70. The maximum atomic E-state index is 12.7. The predicted octanol–water partition coefficient (Wildman–Crippen LogP) is 1.75. The molecule has 0 fully saturated rings. The number of rotatable bonds is 5. The summed E-state index contributed by atoms with van der Waals surface area (Å²) in [4.78, 5) is 0. The van der Waals surface area contributed by atoms with Crippen LogP contribution >= 0.6 is 23.1 Å². The van der Waals surface area contributed by atoms with Crippen molar-refractivity contribution in [3.05, 3.63) is 39.5 Å². The van der Waals surface area contributed by atoms with Crippen molar-refractivity contribution in [2.45, 2.75) is 17.9 Å². The van der Waals surface area contributed by atoms with Gasteiger partial charge in [0.05, 0.1) is 23.1 Å². The normalized spacial score (nSPS) is 15.8. The van der Waals surface area contributed by atoms with Crippen LogP contribution in [-0.4, -0.2) is 31.8 Å². The second kappa shape index (κ2) is 5.41. The predicted molar refractivity (Wildman–Crippen MR) is 83.5 cm³/mol. The SMILES string of the molecule is Cc1nsnc1[CH]S(=O)(=O)C(C)(c1ccsc1)S(C)(=O)=O. The van der Waals surface area contributed by atoms with Crippen molar-refractivity contribution in [2.75, 3.05) is 6.26 Å². The smallest absolute Gasteiger partial charge is 0.196 e. The van der Waals surface area contributed by atoms with Crippen LogP contribution in [0.3, 0.4) is 0 Å². The lowest BCUT2D eigenvalue weighted by molar-refractivity contribution is 0.560. The summed E-state index contributed by atoms with van der Waals surface area (Å²) in [6.45, 7) is 2.82. The molecule has 0 spiro atoms. The van der Waals surface area contributed by atoms with Gasteiger partial charge in [-0.05, 0) is 36.2 Å². The molecule has 2 heterocycles. The Morgan fingerprint density at radius 1 is 1.24 bits per heavy atom. The van der Waals surface area contributed by atoms with Crippen LogP contribution in [0.5, 0.6) is 0 Å². The molecule has 0 aliphatic rings. The first-order chi connectivity index (χ1) is 9.59. The van der Waals surface area contributed by atoms with Crippen LogP contribution in [0.2, 0.25) is 0 Å². The highest BCUT2D eigenvalue weighted by molar-refractivity contribution is 8.10. The second-order valence-electron chi connectivity index (χ2n) is 4.63. The topological polar surface area (TPSA) is 94.1 Å². The molecule has 0 saturated carbocycles. The second-order valence-corrected chi connectivity index (χ2v) is 10.7. The van der Waals surface area contributed by atoms with Crippen LogP contribution in [-0.2, 0) is 23.8 Å². The molecule has 1 unspecified atom stereocenters. The minimum Gasteiger partial charge on any atom is -0.227 e. The minimum atomic E-state index is -4.15. The van der Waals surface area contributed by atoms with E-state index >= 15 is 0 Å². The molecule has 1 radical (unpaired) electrons. The molecular formula is C11H13N2O4S4. The highest BCUT2D eigenvalue weighted by Crippen LogP contribution is 2.39. The van der Waals surface area contributed by atoms with E-state index in [0.717, 1.165) is 23.7 Å². The quantitative estimate of drug-likeness (QED) is 0.801. The van der Waals surface area contributed by atoms with Gasteiger partial charge in [0, 0.05) is 6.26 Å². The van der Waals surface area contributed by atoms with E-state index in [4.69, 9.17) is 0 Å². The summed E-state index contributed by atoms with van der Waals surface area (Å²) in [5, 5.41) is 3.17. The number of hydrogen-bond acceptors (Lipinski definition) is 8. The van der Waals surface area contributed by atoms with E-state index in [1.54, 1.807) is 12.3 Å². The molecule has 0 aliphatic heterocycles. The fraction of sp³-hybridized carbons (Fsp3) is 0.364. The summed E-state index contributed by atoms with van der Waals surface area (Å²) >= 11 is 2.12. The Kier molecular flexibility index (Phi) is 4.26. The number of sulfone groups is 2. The van der Waals surface area contributed by atoms with Crippen molar-refractivity contribution in [1.29, 1.82) is 0 Å². The average molecular weight is 366 g/mol. The Morgan fingerprint density at radius 2 is 1.90 bits per heavy atom. The Balaban J connectivity index is 2.60. The van der Waals surface area contributed by atoms with Gasteiger partial charge in [0.25, 0.3) is 0 Å². The van der Waals surface area contributed by atoms with Gasteiger partial charge in [-0.1, -0.05) is 0 Å². The van der Waals surface area contributed by atoms with Gasteiger partial charge in [0.2, 0.25) is 0 Å². The van der Waals surface area contributed by atoms with Gasteiger partial charge in [0.15, 0.2) is 23.8 Å². The standard InChI is InChI=1S/C11H13N2O4S4/c1-8-10(13-19-12-8)7-21(16,17)11(2,20(3,14)15)9-4-5-18-6-9/h4-7H,1-3H3. The number of aromatic nitrogens is 2. The van der Waals surface area contributed by atoms with Gasteiger partial charge in [-0.25, -0.2) is 16.8 Å². The molecule has 2 aromatic rings. The van der Waals surface area contributed by atoms with Gasteiger partial charge in [0.1, 0.15) is 5.75 Å². The van der Waals surface area contributed by atoms with Gasteiger partial charge < -0.3 is 0 Å². The third-order valence-corrected chi connectivity index (χ3v) is 9.68. The van der Waals surface area contributed by atoms with Gasteiger partial charge in [-0.2, -0.15) is 20.1 Å². The van der Waals surface area contributed by atoms with E-state index in [9.17, 15) is 16.8 Å². The summed E-state index contributed by atoms with van der Waals surface area (Å²) in [5.41, 5.74) is 0.849. The van der Waals surface area contributed by atoms with Crippen LogP contribution < -0.4 is 0 Å². The maximum absolute atomic E-state index is 12.7. The molecule has 10 heteroatoms. The van der Waals surface area contributed by atoms with Crippen LogP contribution in [0.25, 0.3) is 0 Å². The number of nitrogens with zero attached hydrogens (tertiary/aromatic N) is 2. The molecule has 0 aliphatic carbocycles. The van der Waals surface area contributed by atoms with E-state index < -0.39 is 23.8 Å². The number of thiophene rings is 1. The van der Waals surface area contributed by atoms with E-state index in [1.165, 1.54) is 29.7 Å². The Hall–Kier alpha value is -0.840. The lowest BCUT2D eigenvalue weighted by Gasteiger charge is -2.26. The molecule has 115 valence electrons. The fourth-order valence-corrected chi connectivity index (χ4v) is 6.81. The first-order valence-corrected chi connectivity index (χ1v) is 10.8.